The molecule has 0 radical (unpaired) electrons. The van der Waals surface area contributed by atoms with Crippen LogP contribution < -0.4 is 0 Å². The maximum atomic E-state index is 10.3. The highest BCUT2D eigenvalue weighted by molar-refractivity contribution is 5.21. The minimum absolute atomic E-state index is 0.147. The van der Waals surface area contributed by atoms with Crippen LogP contribution in [0.25, 0.3) is 0 Å². The molecule has 1 heterocycles. The molecule has 1 aromatic rings. The van der Waals surface area contributed by atoms with Crippen molar-refractivity contribution in [2.75, 3.05) is 52.5 Å². The molecular formula is C20H34N2O3. The first-order valence-corrected chi connectivity index (χ1v) is 9.40. The van der Waals surface area contributed by atoms with Crippen LogP contribution in [0.5, 0.6) is 0 Å². The molecule has 5 heteroatoms. The maximum Gasteiger partial charge on any atom is 0.0900 e. The molecule has 2 rings (SSSR count). The summed E-state index contributed by atoms with van der Waals surface area (Å²) in [6, 6.07) is 8.64. The van der Waals surface area contributed by atoms with Gasteiger partial charge in [0.1, 0.15) is 0 Å². The Kier molecular flexibility index (Phi) is 8.85. The molecule has 1 N–H and O–H groups in total. The Balaban J connectivity index is 1.88. The van der Waals surface area contributed by atoms with Gasteiger partial charge in [-0.3, -0.25) is 9.80 Å². The molecule has 1 aliphatic rings. The van der Waals surface area contributed by atoms with Crippen LogP contribution in [-0.4, -0.2) is 79.7 Å². The van der Waals surface area contributed by atoms with Crippen LogP contribution in [0, 0.1) is 6.92 Å². The highest BCUT2D eigenvalue weighted by Crippen LogP contribution is 2.09. The Morgan fingerprint density at radius 2 is 1.88 bits per heavy atom. The molecule has 1 aromatic carbocycles. The van der Waals surface area contributed by atoms with Crippen molar-refractivity contribution >= 4 is 0 Å². The first-order chi connectivity index (χ1) is 12.0. The van der Waals surface area contributed by atoms with Gasteiger partial charge in [-0.1, -0.05) is 29.8 Å². The Labute approximate surface area is 152 Å². The van der Waals surface area contributed by atoms with Crippen molar-refractivity contribution in [1.82, 2.24) is 9.80 Å². The van der Waals surface area contributed by atoms with E-state index in [9.17, 15) is 5.11 Å². The molecule has 0 aromatic heterocycles. The number of ether oxygens (including phenoxy) is 2. The van der Waals surface area contributed by atoms with Gasteiger partial charge in [-0.25, -0.2) is 0 Å². The van der Waals surface area contributed by atoms with Crippen LogP contribution in [0.4, 0.5) is 0 Å². The molecule has 1 atom stereocenters. The number of benzene rings is 1. The second kappa shape index (κ2) is 10.9. The average Bonchev–Trinajstić information content (AvgIpc) is 2.61. The van der Waals surface area contributed by atoms with E-state index in [1.54, 1.807) is 0 Å². The predicted molar refractivity (Wildman–Crippen MR) is 101 cm³/mol. The molecule has 0 unspecified atom stereocenters. The number of morpholine rings is 1. The normalized spacial score (nSPS) is 17.4. The van der Waals surface area contributed by atoms with Gasteiger partial charge in [0.25, 0.3) is 0 Å². The molecule has 0 bridgehead atoms. The topological polar surface area (TPSA) is 45.2 Å². The number of hydrogen-bond donors (Lipinski definition) is 1. The van der Waals surface area contributed by atoms with Gasteiger partial charge in [0.2, 0.25) is 0 Å². The van der Waals surface area contributed by atoms with Crippen LogP contribution in [0.3, 0.4) is 0 Å². The van der Waals surface area contributed by atoms with Crippen molar-refractivity contribution in [3.63, 3.8) is 0 Å². The van der Waals surface area contributed by atoms with E-state index >= 15 is 0 Å². The zero-order chi connectivity index (χ0) is 18.1. The summed E-state index contributed by atoms with van der Waals surface area (Å²) in [6.07, 6.45) is -0.314. The lowest BCUT2D eigenvalue weighted by atomic mass is 10.1. The Bertz CT molecular complexity index is 472. The van der Waals surface area contributed by atoms with Gasteiger partial charge in [0, 0.05) is 39.3 Å². The average molecular weight is 351 g/mol. The summed E-state index contributed by atoms with van der Waals surface area (Å²) in [5.41, 5.74) is 2.55. The zero-order valence-corrected chi connectivity index (χ0v) is 16.0. The van der Waals surface area contributed by atoms with E-state index in [4.69, 9.17) is 9.47 Å². The fourth-order valence-electron chi connectivity index (χ4n) is 2.95. The lowest BCUT2D eigenvalue weighted by Gasteiger charge is -2.31. The van der Waals surface area contributed by atoms with E-state index in [0.717, 1.165) is 45.9 Å². The Hall–Kier alpha value is -0.980. The first kappa shape index (κ1) is 20.3. The molecular weight excluding hydrogens is 316 g/mol. The molecule has 0 amide bonds. The van der Waals surface area contributed by atoms with E-state index in [-0.39, 0.29) is 6.10 Å². The van der Waals surface area contributed by atoms with Crippen molar-refractivity contribution in [2.45, 2.75) is 39.5 Å². The highest BCUT2D eigenvalue weighted by Gasteiger charge is 2.16. The molecule has 1 aliphatic heterocycles. The van der Waals surface area contributed by atoms with Crippen LogP contribution in [0.1, 0.15) is 25.0 Å². The van der Waals surface area contributed by atoms with E-state index in [1.807, 2.05) is 13.8 Å². The molecule has 142 valence electrons. The first-order valence-electron chi connectivity index (χ1n) is 9.40. The number of aliphatic hydroxyl groups is 1. The van der Waals surface area contributed by atoms with Gasteiger partial charge in [-0.15, -0.1) is 0 Å². The van der Waals surface area contributed by atoms with E-state index < -0.39 is 6.10 Å². The molecule has 0 aliphatic carbocycles. The summed E-state index contributed by atoms with van der Waals surface area (Å²) in [7, 11) is 0. The van der Waals surface area contributed by atoms with Crippen molar-refractivity contribution in [1.29, 1.82) is 0 Å². The second-order valence-electron chi connectivity index (χ2n) is 7.21. The third-order valence-corrected chi connectivity index (χ3v) is 4.45. The summed E-state index contributed by atoms with van der Waals surface area (Å²) in [5, 5.41) is 10.3. The van der Waals surface area contributed by atoms with Gasteiger partial charge < -0.3 is 14.6 Å². The van der Waals surface area contributed by atoms with Crippen LogP contribution >= 0.6 is 0 Å². The summed E-state index contributed by atoms with van der Waals surface area (Å²) in [4.78, 5) is 4.76. The van der Waals surface area contributed by atoms with Crippen molar-refractivity contribution in [2.24, 2.45) is 0 Å². The maximum absolute atomic E-state index is 10.3. The highest BCUT2D eigenvalue weighted by atomic mass is 16.5. The number of aliphatic hydroxyl groups excluding tert-OH is 1. The minimum atomic E-state index is -0.461. The van der Waals surface area contributed by atoms with Crippen LogP contribution in [-0.2, 0) is 16.0 Å². The summed E-state index contributed by atoms with van der Waals surface area (Å²) in [6.45, 7) is 13.5. The molecule has 0 spiro atoms. The quantitative estimate of drug-likeness (QED) is 0.698. The number of aryl methyl sites for hydroxylation is 1. The Morgan fingerprint density at radius 1 is 1.20 bits per heavy atom. The number of nitrogens with zero attached hydrogens (tertiary/aromatic N) is 2. The third-order valence-electron chi connectivity index (χ3n) is 4.45. The summed E-state index contributed by atoms with van der Waals surface area (Å²) < 4.78 is 11.0. The predicted octanol–water partition coefficient (Wildman–Crippen LogP) is 1.92. The summed E-state index contributed by atoms with van der Waals surface area (Å²) >= 11 is 0. The third kappa shape index (κ3) is 8.29. The molecule has 25 heavy (non-hydrogen) atoms. The largest absolute Gasteiger partial charge is 0.389 e. The Morgan fingerprint density at radius 3 is 2.52 bits per heavy atom. The number of rotatable bonds is 10. The van der Waals surface area contributed by atoms with Gasteiger partial charge in [-0.05, 0) is 26.3 Å². The van der Waals surface area contributed by atoms with E-state index in [1.165, 1.54) is 11.1 Å². The second-order valence-corrected chi connectivity index (χ2v) is 7.21. The van der Waals surface area contributed by atoms with E-state index in [2.05, 4.69) is 41.0 Å². The van der Waals surface area contributed by atoms with Gasteiger partial charge in [0.15, 0.2) is 0 Å². The SMILES string of the molecule is Cc1ccc(CN(CCN2CCOCC2)C[C@@H](O)COC(C)C)cc1. The van der Waals surface area contributed by atoms with Crippen LogP contribution in [0.2, 0.25) is 0 Å². The number of hydrogen-bond acceptors (Lipinski definition) is 5. The van der Waals surface area contributed by atoms with Crippen molar-refractivity contribution in [3.05, 3.63) is 35.4 Å². The van der Waals surface area contributed by atoms with E-state index in [0.29, 0.717) is 13.2 Å². The molecule has 1 saturated heterocycles. The molecule has 0 saturated carbocycles. The zero-order valence-electron chi connectivity index (χ0n) is 16.0. The molecule has 1 fully saturated rings. The standard InChI is InChI=1S/C20H34N2O3/c1-17(2)25-16-20(23)15-22(9-8-21-10-12-24-13-11-21)14-19-6-4-18(3)5-7-19/h4-7,17,20,23H,8-16H2,1-3H3/t20-/m1/s1. The fraction of sp³-hybridized carbons (Fsp3) is 0.700. The molecule has 5 nitrogen and oxygen atoms in total. The van der Waals surface area contributed by atoms with Gasteiger partial charge in [0.05, 0.1) is 32.0 Å². The fourth-order valence-corrected chi connectivity index (χ4v) is 2.95. The smallest absolute Gasteiger partial charge is 0.0900 e. The van der Waals surface area contributed by atoms with Crippen LogP contribution in [0.15, 0.2) is 24.3 Å². The van der Waals surface area contributed by atoms with Crippen molar-refractivity contribution in [3.8, 4) is 0 Å². The lowest BCUT2D eigenvalue weighted by molar-refractivity contribution is -0.0129. The lowest BCUT2D eigenvalue weighted by Crippen LogP contribution is -2.43. The van der Waals surface area contributed by atoms with Gasteiger partial charge >= 0.3 is 0 Å². The van der Waals surface area contributed by atoms with Gasteiger partial charge in [-0.2, -0.15) is 0 Å². The minimum Gasteiger partial charge on any atom is -0.389 e. The monoisotopic (exact) mass is 350 g/mol. The van der Waals surface area contributed by atoms with Crippen molar-refractivity contribution < 1.29 is 14.6 Å². The summed E-state index contributed by atoms with van der Waals surface area (Å²) in [5.74, 6) is 0.